The standard InChI is InChI=1S/C13H11BrF2N2/c1-8(9-3-2-4-10(14)5-9)18-13-12(16)6-11(15)7-17-13/h2-8H,1H3,(H,17,18). The van der Waals surface area contributed by atoms with Gasteiger partial charge >= 0.3 is 0 Å². The highest BCUT2D eigenvalue weighted by Gasteiger charge is 2.10. The first-order chi connectivity index (χ1) is 8.56. The van der Waals surface area contributed by atoms with Gasteiger partial charge < -0.3 is 5.32 Å². The molecule has 0 aliphatic heterocycles. The third kappa shape index (κ3) is 3.04. The molecule has 1 atom stereocenters. The number of nitrogens with one attached hydrogen (secondary N) is 1. The minimum absolute atomic E-state index is 0.0453. The zero-order valence-corrected chi connectivity index (χ0v) is 11.2. The van der Waals surface area contributed by atoms with Crippen LogP contribution in [0.2, 0.25) is 0 Å². The van der Waals surface area contributed by atoms with Crippen molar-refractivity contribution < 1.29 is 8.78 Å². The van der Waals surface area contributed by atoms with Crippen molar-refractivity contribution in [3.8, 4) is 0 Å². The second-order valence-corrected chi connectivity index (χ2v) is 4.82. The fraction of sp³-hybridized carbons (Fsp3) is 0.154. The molecule has 94 valence electrons. The van der Waals surface area contributed by atoms with Crippen LogP contribution in [0.5, 0.6) is 0 Å². The van der Waals surface area contributed by atoms with Crippen LogP contribution in [-0.2, 0) is 0 Å². The lowest BCUT2D eigenvalue weighted by Crippen LogP contribution is -2.09. The molecule has 18 heavy (non-hydrogen) atoms. The van der Waals surface area contributed by atoms with Crippen molar-refractivity contribution in [2.45, 2.75) is 13.0 Å². The molecule has 0 saturated carbocycles. The van der Waals surface area contributed by atoms with Gasteiger partial charge in [-0.15, -0.1) is 0 Å². The number of anilines is 1. The molecule has 2 nitrogen and oxygen atoms in total. The molecule has 0 bridgehead atoms. The van der Waals surface area contributed by atoms with Crippen molar-refractivity contribution in [3.05, 3.63) is 58.2 Å². The van der Waals surface area contributed by atoms with E-state index in [0.29, 0.717) is 0 Å². The second kappa shape index (κ2) is 5.44. The van der Waals surface area contributed by atoms with E-state index < -0.39 is 11.6 Å². The number of benzene rings is 1. The summed E-state index contributed by atoms with van der Waals surface area (Å²) in [7, 11) is 0. The molecule has 0 fully saturated rings. The number of nitrogens with zero attached hydrogens (tertiary/aromatic N) is 1. The summed E-state index contributed by atoms with van der Waals surface area (Å²) in [5.41, 5.74) is 0.981. The lowest BCUT2D eigenvalue weighted by Gasteiger charge is -2.15. The molecule has 0 aliphatic carbocycles. The Kier molecular flexibility index (Phi) is 3.91. The van der Waals surface area contributed by atoms with E-state index in [4.69, 9.17) is 0 Å². The van der Waals surface area contributed by atoms with Gasteiger partial charge in [0.25, 0.3) is 0 Å². The van der Waals surface area contributed by atoms with Crippen molar-refractivity contribution in [3.63, 3.8) is 0 Å². The number of halogens is 3. The zero-order chi connectivity index (χ0) is 13.1. The largest absolute Gasteiger partial charge is 0.361 e. The summed E-state index contributed by atoms with van der Waals surface area (Å²) in [6, 6.07) is 8.33. The Balaban J connectivity index is 2.18. The number of rotatable bonds is 3. The number of hydrogen-bond acceptors (Lipinski definition) is 2. The number of pyridine rings is 1. The summed E-state index contributed by atoms with van der Waals surface area (Å²) in [5.74, 6) is -1.34. The summed E-state index contributed by atoms with van der Waals surface area (Å²) in [6.07, 6.45) is 0.985. The maximum absolute atomic E-state index is 13.4. The third-order valence-corrected chi connectivity index (χ3v) is 3.00. The second-order valence-electron chi connectivity index (χ2n) is 3.90. The quantitative estimate of drug-likeness (QED) is 0.914. The molecule has 1 unspecified atom stereocenters. The van der Waals surface area contributed by atoms with Gasteiger partial charge in [-0.2, -0.15) is 0 Å². The van der Waals surface area contributed by atoms with Crippen LogP contribution < -0.4 is 5.32 Å². The smallest absolute Gasteiger partial charge is 0.168 e. The molecule has 0 aliphatic rings. The molecular weight excluding hydrogens is 302 g/mol. The summed E-state index contributed by atoms with van der Waals surface area (Å²) >= 11 is 3.37. The number of hydrogen-bond donors (Lipinski definition) is 1. The van der Waals surface area contributed by atoms with Crippen LogP contribution in [0.15, 0.2) is 41.0 Å². The molecule has 0 saturated heterocycles. The molecule has 1 N–H and O–H groups in total. The molecule has 0 radical (unpaired) electrons. The Hall–Kier alpha value is -1.49. The first-order valence-corrected chi connectivity index (χ1v) is 6.18. The maximum Gasteiger partial charge on any atom is 0.168 e. The predicted octanol–water partition coefficient (Wildman–Crippen LogP) is 4.30. The lowest BCUT2D eigenvalue weighted by molar-refractivity contribution is 0.574. The summed E-state index contributed by atoms with van der Waals surface area (Å²) in [6.45, 7) is 1.88. The topological polar surface area (TPSA) is 24.9 Å². The third-order valence-electron chi connectivity index (χ3n) is 2.51. The molecular formula is C13H11BrF2N2. The molecule has 2 aromatic rings. The summed E-state index contributed by atoms with van der Waals surface area (Å²) in [4.78, 5) is 3.69. The van der Waals surface area contributed by atoms with Gasteiger partial charge in [0.1, 0.15) is 5.82 Å². The van der Waals surface area contributed by atoms with Gasteiger partial charge in [0.2, 0.25) is 0 Å². The molecule has 2 rings (SSSR count). The first kappa shape index (κ1) is 13.0. The molecule has 0 amide bonds. The van der Waals surface area contributed by atoms with E-state index in [9.17, 15) is 8.78 Å². The van der Waals surface area contributed by atoms with E-state index in [1.54, 1.807) is 0 Å². The van der Waals surface area contributed by atoms with Crippen LogP contribution in [0.1, 0.15) is 18.5 Å². The minimum Gasteiger partial charge on any atom is -0.361 e. The molecule has 1 aromatic heterocycles. The summed E-state index contributed by atoms with van der Waals surface area (Å²) in [5, 5.41) is 2.91. The van der Waals surface area contributed by atoms with Crippen molar-refractivity contribution in [1.82, 2.24) is 4.98 Å². The summed E-state index contributed by atoms with van der Waals surface area (Å²) < 4.78 is 27.1. The zero-order valence-electron chi connectivity index (χ0n) is 9.62. The maximum atomic E-state index is 13.4. The monoisotopic (exact) mass is 312 g/mol. The average molecular weight is 313 g/mol. The van der Waals surface area contributed by atoms with E-state index >= 15 is 0 Å². The highest BCUT2D eigenvalue weighted by molar-refractivity contribution is 9.10. The van der Waals surface area contributed by atoms with E-state index in [0.717, 1.165) is 22.3 Å². The van der Waals surface area contributed by atoms with Crippen LogP contribution >= 0.6 is 15.9 Å². The Bertz CT molecular complexity index is 560. The van der Waals surface area contributed by atoms with Crippen LogP contribution in [0, 0.1) is 11.6 Å². The van der Waals surface area contributed by atoms with Gasteiger partial charge in [-0.05, 0) is 24.6 Å². The van der Waals surface area contributed by atoms with Gasteiger partial charge in [-0.25, -0.2) is 13.8 Å². The molecule has 1 aromatic carbocycles. The SMILES string of the molecule is CC(Nc1ncc(F)cc1F)c1cccc(Br)c1. The van der Waals surface area contributed by atoms with Gasteiger partial charge in [0, 0.05) is 10.5 Å². The fourth-order valence-electron chi connectivity index (χ4n) is 1.59. The predicted molar refractivity (Wildman–Crippen MR) is 70.3 cm³/mol. The Morgan fingerprint density at radius 2 is 2.06 bits per heavy atom. The van der Waals surface area contributed by atoms with Crippen molar-refractivity contribution >= 4 is 21.7 Å². The van der Waals surface area contributed by atoms with Crippen molar-refractivity contribution in [1.29, 1.82) is 0 Å². The van der Waals surface area contributed by atoms with E-state index in [2.05, 4.69) is 26.2 Å². The number of aromatic nitrogens is 1. The van der Waals surface area contributed by atoms with Crippen LogP contribution in [0.4, 0.5) is 14.6 Å². The van der Waals surface area contributed by atoms with Crippen LogP contribution in [-0.4, -0.2) is 4.98 Å². The van der Waals surface area contributed by atoms with Gasteiger partial charge in [0.05, 0.1) is 12.2 Å². The van der Waals surface area contributed by atoms with Gasteiger partial charge in [-0.3, -0.25) is 0 Å². The van der Waals surface area contributed by atoms with Crippen molar-refractivity contribution in [2.75, 3.05) is 5.32 Å². The van der Waals surface area contributed by atoms with Gasteiger partial charge in [-0.1, -0.05) is 28.1 Å². The fourth-order valence-corrected chi connectivity index (χ4v) is 2.00. The Morgan fingerprint density at radius 1 is 1.28 bits per heavy atom. The lowest BCUT2D eigenvalue weighted by atomic mass is 10.1. The van der Waals surface area contributed by atoms with Crippen LogP contribution in [0.25, 0.3) is 0 Å². The Labute approximate surface area is 112 Å². The van der Waals surface area contributed by atoms with E-state index in [1.165, 1.54) is 0 Å². The van der Waals surface area contributed by atoms with Gasteiger partial charge in [0.15, 0.2) is 11.6 Å². The normalized spacial score (nSPS) is 12.2. The first-order valence-electron chi connectivity index (χ1n) is 5.39. The van der Waals surface area contributed by atoms with E-state index in [-0.39, 0.29) is 11.9 Å². The molecule has 1 heterocycles. The highest BCUT2D eigenvalue weighted by Crippen LogP contribution is 2.22. The van der Waals surface area contributed by atoms with Crippen LogP contribution in [0.3, 0.4) is 0 Å². The van der Waals surface area contributed by atoms with E-state index in [1.807, 2.05) is 31.2 Å². The Morgan fingerprint density at radius 3 is 2.72 bits per heavy atom. The van der Waals surface area contributed by atoms with Crippen molar-refractivity contribution in [2.24, 2.45) is 0 Å². The molecule has 5 heteroatoms. The molecule has 0 spiro atoms. The minimum atomic E-state index is -0.697. The highest BCUT2D eigenvalue weighted by atomic mass is 79.9. The average Bonchev–Trinajstić information content (AvgIpc) is 2.32.